The van der Waals surface area contributed by atoms with Crippen molar-refractivity contribution in [2.24, 2.45) is 0 Å². The first-order chi connectivity index (χ1) is 7.27. The van der Waals surface area contributed by atoms with Crippen LogP contribution in [0.1, 0.15) is 38.3 Å². The highest BCUT2D eigenvalue weighted by Gasteiger charge is 2.09. The topological polar surface area (TPSA) is 24.9 Å². The van der Waals surface area contributed by atoms with Crippen LogP contribution in [0.5, 0.6) is 0 Å². The predicted octanol–water partition coefficient (Wildman–Crippen LogP) is 2.53. The van der Waals surface area contributed by atoms with Gasteiger partial charge >= 0.3 is 0 Å². The molecule has 0 spiro atoms. The minimum atomic E-state index is 0.158. The molecule has 1 aromatic heterocycles. The van der Waals surface area contributed by atoms with Crippen molar-refractivity contribution in [1.29, 1.82) is 0 Å². The number of terminal acetylenes is 1. The van der Waals surface area contributed by atoms with Crippen LogP contribution in [0.2, 0.25) is 0 Å². The molecule has 0 aliphatic carbocycles. The fraction of sp³-hybridized carbons (Fsp3) is 0.462. The lowest BCUT2D eigenvalue weighted by Gasteiger charge is -2.18. The van der Waals surface area contributed by atoms with E-state index in [1.165, 1.54) is 5.56 Å². The van der Waals surface area contributed by atoms with E-state index in [-0.39, 0.29) is 12.1 Å². The van der Waals surface area contributed by atoms with Gasteiger partial charge in [0.25, 0.3) is 0 Å². The van der Waals surface area contributed by atoms with Crippen LogP contribution in [0.15, 0.2) is 24.5 Å². The van der Waals surface area contributed by atoms with E-state index in [0.29, 0.717) is 0 Å². The minimum Gasteiger partial charge on any atom is -0.297 e. The summed E-state index contributed by atoms with van der Waals surface area (Å²) in [4.78, 5) is 4.09. The number of pyridine rings is 1. The van der Waals surface area contributed by atoms with E-state index in [1.807, 2.05) is 12.3 Å². The Hall–Kier alpha value is -1.33. The molecule has 15 heavy (non-hydrogen) atoms. The third-order valence-corrected chi connectivity index (χ3v) is 2.41. The molecular weight excluding hydrogens is 184 g/mol. The maximum absolute atomic E-state index is 5.46. The molecular formula is C13H18N2. The maximum Gasteiger partial charge on any atom is 0.0691 e. The molecule has 0 aromatic carbocycles. The van der Waals surface area contributed by atoms with Gasteiger partial charge in [0.1, 0.15) is 0 Å². The Balaban J connectivity index is 2.55. The van der Waals surface area contributed by atoms with Gasteiger partial charge in [0.15, 0.2) is 0 Å². The van der Waals surface area contributed by atoms with Crippen molar-refractivity contribution in [1.82, 2.24) is 10.3 Å². The van der Waals surface area contributed by atoms with Gasteiger partial charge < -0.3 is 0 Å². The lowest BCUT2D eigenvalue weighted by Crippen LogP contribution is -2.30. The summed E-state index contributed by atoms with van der Waals surface area (Å²) in [5, 5.41) is 3.41. The summed E-state index contributed by atoms with van der Waals surface area (Å²) in [6.07, 6.45) is 11.2. The van der Waals surface area contributed by atoms with E-state index in [2.05, 4.69) is 36.1 Å². The number of nitrogens with one attached hydrogen (secondary N) is 1. The standard InChI is InChI=1S/C13H18N2/c1-4-7-13(5-2)15-11(3)12-8-6-9-14-10-12/h2,6,8-11,13,15H,4,7H2,1,3H3. The molecule has 2 heteroatoms. The second-order valence-corrected chi connectivity index (χ2v) is 3.68. The van der Waals surface area contributed by atoms with Crippen LogP contribution >= 0.6 is 0 Å². The predicted molar refractivity (Wildman–Crippen MR) is 63.3 cm³/mol. The Kier molecular flexibility index (Phi) is 4.86. The van der Waals surface area contributed by atoms with E-state index in [9.17, 15) is 0 Å². The number of hydrogen-bond donors (Lipinski definition) is 1. The van der Waals surface area contributed by atoms with Crippen molar-refractivity contribution in [2.75, 3.05) is 0 Å². The van der Waals surface area contributed by atoms with E-state index >= 15 is 0 Å². The highest BCUT2D eigenvalue weighted by atomic mass is 14.9. The molecule has 0 bridgehead atoms. The van der Waals surface area contributed by atoms with Crippen LogP contribution in [-0.4, -0.2) is 11.0 Å². The zero-order valence-corrected chi connectivity index (χ0v) is 9.40. The first-order valence-corrected chi connectivity index (χ1v) is 5.40. The smallest absolute Gasteiger partial charge is 0.0691 e. The highest BCUT2D eigenvalue weighted by molar-refractivity contribution is 5.14. The van der Waals surface area contributed by atoms with E-state index in [1.54, 1.807) is 6.20 Å². The van der Waals surface area contributed by atoms with Gasteiger partial charge in [-0.1, -0.05) is 25.3 Å². The van der Waals surface area contributed by atoms with Crippen LogP contribution in [0.3, 0.4) is 0 Å². The summed E-state index contributed by atoms with van der Waals surface area (Å²) >= 11 is 0. The Morgan fingerprint density at radius 2 is 2.40 bits per heavy atom. The molecule has 0 aliphatic rings. The normalized spacial score (nSPS) is 14.2. The molecule has 1 aromatic rings. The average Bonchev–Trinajstić information content (AvgIpc) is 2.29. The Bertz CT molecular complexity index is 313. The van der Waals surface area contributed by atoms with Gasteiger partial charge in [-0.15, -0.1) is 6.42 Å². The molecule has 0 radical (unpaired) electrons. The molecule has 0 amide bonds. The van der Waals surface area contributed by atoms with Gasteiger partial charge in [-0.05, 0) is 25.0 Å². The van der Waals surface area contributed by atoms with Crippen molar-refractivity contribution >= 4 is 0 Å². The van der Waals surface area contributed by atoms with E-state index in [0.717, 1.165) is 12.8 Å². The summed E-state index contributed by atoms with van der Waals surface area (Å²) < 4.78 is 0. The second-order valence-electron chi connectivity index (χ2n) is 3.68. The molecule has 0 saturated carbocycles. The number of rotatable bonds is 5. The lowest BCUT2D eigenvalue weighted by molar-refractivity contribution is 0.494. The van der Waals surface area contributed by atoms with Crippen molar-refractivity contribution in [3.8, 4) is 12.3 Å². The summed E-state index contributed by atoms with van der Waals surface area (Å²) in [5.41, 5.74) is 1.17. The molecule has 80 valence electrons. The summed E-state index contributed by atoms with van der Waals surface area (Å²) in [7, 11) is 0. The van der Waals surface area contributed by atoms with Gasteiger partial charge in [-0.25, -0.2) is 0 Å². The van der Waals surface area contributed by atoms with Crippen molar-refractivity contribution in [3.63, 3.8) is 0 Å². The van der Waals surface area contributed by atoms with Crippen molar-refractivity contribution < 1.29 is 0 Å². The van der Waals surface area contributed by atoms with Crippen LogP contribution in [0.25, 0.3) is 0 Å². The van der Waals surface area contributed by atoms with Crippen LogP contribution in [-0.2, 0) is 0 Å². The number of nitrogens with zero attached hydrogens (tertiary/aromatic N) is 1. The molecule has 1 heterocycles. The van der Waals surface area contributed by atoms with Gasteiger partial charge in [0.2, 0.25) is 0 Å². The molecule has 1 rings (SSSR count). The first-order valence-electron chi connectivity index (χ1n) is 5.40. The summed E-state index contributed by atoms with van der Waals surface area (Å²) in [6, 6.07) is 4.42. The summed E-state index contributed by atoms with van der Waals surface area (Å²) in [6.45, 7) is 4.25. The monoisotopic (exact) mass is 202 g/mol. The molecule has 0 fully saturated rings. The fourth-order valence-electron chi connectivity index (χ4n) is 1.53. The molecule has 2 atom stereocenters. The zero-order valence-electron chi connectivity index (χ0n) is 9.40. The number of hydrogen-bond acceptors (Lipinski definition) is 2. The maximum atomic E-state index is 5.46. The van der Waals surface area contributed by atoms with Gasteiger partial charge in [0.05, 0.1) is 6.04 Å². The average molecular weight is 202 g/mol. The van der Waals surface area contributed by atoms with Crippen molar-refractivity contribution in [2.45, 2.75) is 38.8 Å². The first kappa shape index (κ1) is 11.7. The molecule has 0 saturated heterocycles. The zero-order chi connectivity index (χ0) is 11.1. The quantitative estimate of drug-likeness (QED) is 0.742. The summed E-state index contributed by atoms with van der Waals surface area (Å²) in [5.74, 6) is 2.77. The Morgan fingerprint density at radius 1 is 1.60 bits per heavy atom. The Labute approximate surface area is 92.1 Å². The van der Waals surface area contributed by atoms with Gasteiger partial charge in [-0.2, -0.15) is 0 Å². The van der Waals surface area contributed by atoms with E-state index in [4.69, 9.17) is 6.42 Å². The largest absolute Gasteiger partial charge is 0.297 e. The SMILES string of the molecule is C#CC(CCC)NC(C)c1cccnc1. The molecule has 2 unspecified atom stereocenters. The van der Waals surface area contributed by atoms with Gasteiger partial charge in [0, 0.05) is 18.4 Å². The minimum absolute atomic E-state index is 0.158. The Morgan fingerprint density at radius 3 is 2.93 bits per heavy atom. The van der Waals surface area contributed by atoms with Crippen LogP contribution in [0, 0.1) is 12.3 Å². The third kappa shape index (κ3) is 3.73. The molecule has 0 aliphatic heterocycles. The number of aromatic nitrogens is 1. The second kappa shape index (κ2) is 6.21. The molecule has 2 nitrogen and oxygen atoms in total. The molecule has 1 N–H and O–H groups in total. The highest BCUT2D eigenvalue weighted by Crippen LogP contribution is 2.11. The lowest BCUT2D eigenvalue weighted by atomic mass is 10.1. The van der Waals surface area contributed by atoms with Crippen LogP contribution < -0.4 is 5.32 Å². The third-order valence-electron chi connectivity index (χ3n) is 2.41. The van der Waals surface area contributed by atoms with Crippen molar-refractivity contribution in [3.05, 3.63) is 30.1 Å². The van der Waals surface area contributed by atoms with E-state index < -0.39 is 0 Å². The fourth-order valence-corrected chi connectivity index (χ4v) is 1.53. The van der Waals surface area contributed by atoms with Gasteiger partial charge in [-0.3, -0.25) is 10.3 Å². The van der Waals surface area contributed by atoms with Crippen LogP contribution in [0.4, 0.5) is 0 Å².